The number of hydrogen-bond acceptors (Lipinski definition) is 9. The van der Waals surface area contributed by atoms with Crippen molar-refractivity contribution >= 4 is 5.78 Å². The predicted molar refractivity (Wildman–Crippen MR) is 110 cm³/mol. The first-order chi connectivity index (χ1) is 15.2. The summed E-state index contributed by atoms with van der Waals surface area (Å²) in [5, 5.41) is 31.6. The number of carbonyl (C=O) groups excluding carboxylic acids is 1. The molecular formula is C23H24O9. The second-order valence-corrected chi connectivity index (χ2v) is 8.46. The second-order valence-electron chi connectivity index (χ2n) is 8.46. The zero-order chi connectivity index (χ0) is 22.8. The normalized spacial score (nSPS) is 26.9. The van der Waals surface area contributed by atoms with E-state index in [1.54, 1.807) is 12.1 Å². The fraction of sp³-hybridized carbons (Fsp3) is 0.435. The SMILES string of the molecule is COc1cc2c(cc1OC)[C@]1(O)C(=O)c3ccc4c(c3O[C@@H]1CO2)C[C@H]([C@](C)(O)CO)O4. The van der Waals surface area contributed by atoms with Crippen molar-refractivity contribution in [2.75, 3.05) is 27.4 Å². The Labute approximate surface area is 184 Å². The van der Waals surface area contributed by atoms with Gasteiger partial charge in [0.15, 0.2) is 23.2 Å². The van der Waals surface area contributed by atoms with Gasteiger partial charge in [-0.2, -0.15) is 0 Å². The van der Waals surface area contributed by atoms with Crippen LogP contribution in [-0.4, -0.2) is 66.3 Å². The van der Waals surface area contributed by atoms with Gasteiger partial charge in [0, 0.05) is 23.6 Å². The number of carbonyl (C=O) groups is 1. The number of hydrogen-bond donors (Lipinski definition) is 3. The molecule has 0 aromatic heterocycles. The number of methoxy groups -OCH3 is 2. The molecule has 3 heterocycles. The van der Waals surface area contributed by atoms with Crippen LogP contribution in [0.4, 0.5) is 0 Å². The van der Waals surface area contributed by atoms with E-state index in [2.05, 4.69) is 0 Å². The van der Waals surface area contributed by atoms with Gasteiger partial charge in [0.05, 0.1) is 26.4 Å². The first-order valence-corrected chi connectivity index (χ1v) is 10.2. The molecule has 2 aromatic rings. The number of fused-ring (bicyclic) bond motifs is 6. The molecule has 3 aliphatic rings. The van der Waals surface area contributed by atoms with Gasteiger partial charge in [-0.25, -0.2) is 0 Å². The molecular weight excluding hydrogens is 420 g/mol. The molecule has 0 saturated heterocycles. The minimum atomic E-state index is -1.98. The smallest absolute Gasteiger partial charge is 0.206 e. The fourth-order valence-corrected chi connectivity index (χ4v) is 4.53. The highest BCUT2D eigenvalue weighted by atomic mass is 16.6. The molecule has 4 atom stereocenters. The standard InChI is InChI=1S/C23H24O9/c1-22(26,10-24)18-6-12-14(31-18)5-4-11-20(12)32-19-9-30-15-8-17(29-3)16(28-2)7-13(15)23(19,27)21(11)25/h4-5,7-8,18-19,24,26-27H,6,9-10H2,1-3H3/t18-,19-,22-,23-/m1/s1. The van der Waals surface area contributed by atoms with E-state index in [1.165, 1.54) is 33.3 Å². The van der Waals surface area contributed by atoms with Crippen molar-refractivity contribution < 1.29 is 43.8 Å². The quantitative estimate of drug-likeness (QED) is 0.633. The van der Waals surface area contributed by atoms with Crippen molar-refractivity contribution in [3.05, 3.63) is 41.0 Å². The average molecular weight is 444 g/mol. The summed E-state index contributed by atoms with van der Waals surface area (Å²) in [5.74, 6) is 1.30. The second kappa shape index (κ2) is 6.99. The number of rotatable bonds is 4. The van der Waals surface area contributed by atoms with Gasteiger partial charge < -0.3 is 39.0 Å². The van der Waals surface area contributed by atoms with Crippen molar-refractivity contribution in [2.24, 2.45) is 0 Å². The van der Waals surface area contributed by atoms with E-state index in [-0.39, 0.29) is 24.2 Å². The Morgan fingerprint density at radius 3 is 2.56 bits per heavy atom. The Morgan fingerprint density at radius 1 is 1.16 bits per heavy atom. The highest BCUT2D eigenvalue weighted by Gasteiger charge is 2.57. The van der Waals surface area contributed by atoms with Crippen molar-refractivity contribution in [3.8, 4) is 28.7 Å². The molecule has 0 bridgehead atoms. The molecule has 3 aliphatic heterocycles. The minimum Gasteiger partial charge on any atom is -0.493 e. The molecule has 2 aromatic carbocycles. The van der Waals surface area contributed by atoms with Crippen LogP contribution in [-0.2, 0) is 12.0 Å². The maximum atomic E-state index is 13.6. The van der Waals surface area contributed by atoms with Crippen LogP contribution >= 0.6 is 0 Å². The van der Waals surface area contributed by atoms with Crippen LogP contribution in [0.15, 0.2) is 24.3 Å². The van der Waals surface area contributed by atoms with Gasteiger partial charge in [0.2, 0.25) is 5.78 Å². The third kappa shape index (κ3) is 2.71. The summed E-state index contributed by atoms with van der Waals surface area (Å²) >= 11 is 0. The number of ether oxygens (including phenoxy) is 5. The van der Waals surface area contributed by atoms with E-state index in [0.29, 0.717) is 34.3 Å². The third-order valence-electron chi connectivity index (χ3n) is 6.49. The van der Waals surface area contributed by atoms with Crippen LogP contribution < -0.4 is 23.7 Å². The van der Waals surface area contributed by atoms with Crippen LogP contribution in [0.3, 0.4) is 0 Å². The molecule has 32 heavy (non-hydrogen) atoms. The lowest BCUT2D eigenvalue weighted by Crippen LogP contribution is -2.57. The van der Waals surface area contributed by atoms with Crippen molar-refractivity contribution in [3.63, 3.8) is 0 Å². The zero-order valence-electron chi connectivity index (χ0n) is 17.9. The number of benzene rings is 2. The summed E-state index contributed by atoms with van der Waals surface area (Å²) in [4.78, 5) is 13.6. The van der Waals surface area contributed by atoms with Crippen molar-refractivity contribution in [1.29, 1.82) is 0 Å². The molecule has 3 N–H and O–H groups in total. The van der Waals surface area contributed by atoms with Gasteiger partial charge >= 0.3 is 0 Å². The Hall–Kier alpha value is -3.01. The largest absolute Gasteiger partial charge is 0.493 e. The van der Waals surface area contributed by atoms with Crippen LogP contribution in [0.2, 0.25) is 0 Å². The summed E-state index contributed by atoms with van der Waals surface area (Å²) in [6.07, 6.45) is -1.46. The van der Waals surface area contributed by atoms with Gasteiger partial charge in [-0.1, -0.05) is 0 Å². The van der Waals surface area contributed by atoms with Gasteiger partial charge in [-0.15, -0.1) is 0 Å². The summed E-state index contributed by atoms with van der Waals surface area (Å²) in [5.41, 5.74) is -2.40. The van der Waals surface area contributed by atoms with Crippen LogP contribution in [0, 0.1) is 0 Å². The lowest BCUT2D eigenvalue weighted by atomic mass is 9.77. The number of aliphatic hydroxyl groups excluding tert-OH is 1. The van der Waals surface area contributed by atoms with Gasteiger partial charge in [-0.05, 0) is 25.1 Å². The van der Waals surface area contributed by atoms with Crippen molar-refractivity contribution in [2.45, 2.75) is 36.8 Å². The summed E-state index contributed by atoms with van der Waals surface area (Å²) in [7, 11) is 2.95. The zero-order valence-corrected chi connectivity index (χ0v) is 17.9. The predicted octanol–water partition coefficient (Wildman–Crippen LogP) is 0.974. The molecule has 9 heteroatoms. The minimum absolute atomic E-state index is 0.0630. The van der Waals surface area contributed by atoms with Crippen molar-refractivity contribution in [1.82, 2.24) is 0 Å². The maximum Gasteiger partial charge on any atom is 0.206 e. The highest BCUT2D eigenvalue weighted by molar-refractivity contribution is 6.07. The van der Waals surface area contributed by atoms with E-state index < -0.39 is 35.8 Å². The topological polar surface area (TPSA) is 124 Å². The Balaban J connectivity index is 1.59. The lowest BCUT2D eigenvalue weighted by molar-refractivity contribution is -0.0805. The van der Waals surface area contributed by atoms with Crippen LogP contribution in [0.5, 0.6) is 28.7 Å². The molecule has 0 fully saturated rings. The van der Waals surface area contributed by atoms with Crippen LogP contribution in [0.25, 0.3) is 0 Å². The fourth-order valence-electron chi connectivity index (χ4n) is 4.53. The number of Topliss-reactive ketones (excluding diaryl/α,β-unsaturated/α-hetero) is 1. The summed E-state index contributed by atoms with van der Waals surface area (Å²) < 4.78 is 28.4. The van der Waals surface area contributed by atoms with E-state index in [1.807, 2.05) is 0 Å². The van der Waals surface area contributed by atoms with Crippen LogP contribution in [0.1, 0.15) is 28.4 Å². The Kier molecular flexibility index (Phi) is 4.56. The summed E-state index contributed by atoms with van der Waals surface area (Å²) in [6, 6.07) is 6.25. The molecule has 0 radical (unpaired) electrons. The van der Waals surface area contributed by atoms with E-state index in [9.17, 15) is 20.1 Å². The molecule has 0 unspecified atom stereocenters. The molecule has 9 nitrogen and oxygen atoms in total. The van der Waals surface area contributed by atoms with Gasteiger partial charge in [0.1, 0.15) is 35.6 Å². The number of aliphatic hydroxyl groups is 3. The van der Waals surface area contributed by atoms with Gasteiger partial charge in [0.25, 0.3) is 0 Å². The third-order valence-corrected chi connectivity index (χ3v) is 6.49. The maximum absolute atomic E-state index is 13.6. The van der Waals surface area contributed by atoms with E-state index in [0.717, 1.165) is 0 Å². The lowest BCUT2D eigenvalue weighted by Gasteiger charge is -2.43. The first kappa shape index (κ1) is 20.9. The van der Waals surface area contributed by atoms with E-state index in [4.69, 9.17) is 23.7 Å². The van der Waals surface area contributed by atoms with E-state index >= 15 is 0 Å². The molecule has 5 rings (SSSR count). The van der Waals surface area contributed by atoms with Gasteiger partial charge in [-0.3, -0.25) is 4.79 Å². The molecule has 170 valence electrons. The summed E-state index contributed by atoms with van der Waals surface area (Å²) in [6.45, 7) is 0.937. The molecule has 0 spiro atoms. The number of ketones is 1. The first-order valence-electron chi connectivity index (χ1n) is 10.2. The average Bonchev–Trinajstić information content (AvgIpc) is 3.25. The molecule has 0 saturated carbocycles. The Bertz CT molecular complexity index is 1110. The Morgan fingerprint density at radius 2 is 1.88 bits per heavy atom. The molecule has 0 amide bonds. The molecule has 0 aliphatic carbocycles. The highest BCUT2D eigenvalue weighted by Crippen LogP contribution is 2.51. The monoisotopic (exact) mass is 444 g/mol.